The van der Waals surface area contributed by atoms with Gasteiger partial charge in [0.25, 0.3) is 0 Å². The standard InChI is InChI=1S/C17H20N2S.C12H14N2S/c1-5-14-15(18)12-9-10-8-11(17(2,3)4)6-7-13(10)19-16(12)20-14;1-7-11(13)9-6-8-4-2-3-5-10(8)14-12(9)15-7/h1,9,11H,6-8,18H2,2-4H3;6H,2-5,13H2,1H3. The van der Waals surface area contributed by atoms with Crippen LogP contribution in [-0.2, 0) is 25.7 Å². The van der Waals surface area contributed by atoms with E-state index >= 15 is 0 Å². The maximum atomic E-state index is 6.13. The van der Waals surface area contributed by atoms with Crippen molar-refractivity contribution in [2.45, 2.75) is 72.6 Å². The number of thiophene rings is 2. The maximum absolute atomic E-state index is 6.13. The summed E-state index contributed by atoms with van der Waals surface area (Å²) < 4.78 is 0. The third kappa shape index (κ3) is 4.52. The second-order valence-electron chi connectivity index (χ2n) is 11.0. The van der Waals surface area contributed by atoms with Crippen molar-refractivity contribution in [3.05, 3.63) is 44.4 Å². The highest BCUT2D eigenvalue weighted by Crippen LogP contribution is 2.40. The summed E-state index contributed by atoms with van der Waals surface area (Å²) >= 11 is 3.25. The molecule has 0 spiro atoms. The zero-order chi connectivity index (χ0) is 24.9. The summed E-state index contributed by atoms with van der Waals surface area (Å²) in [5.74, 6) is 3.37. The second kappa shape index (κ2) is 9.11. The molecule has 4 N–H and O–H groups in total. The van der Waals surface area contributed by atoms with Crippen LogP contribution >= 0.6 is 22.7 Å². The van der Waals surface area contributed by atoms with Gasteiger partial charge in [0.2, 0.25) is 0 Å². The van der Waals surface area contributed by atoms with Crippen LogP contribution in [-0.4, -0.2) is 9.97 Å². The van der Waals surface area contributed by atoms with Crippen LogP contribution in [0.3, 0.4) is 0 Å². The number of aryl methyl sites for hydroxylation is 4. The molecule has 0 aromatic carbocycles. The fourth-order valence-electron chi connectivity index (χ4n) is 5.31. The largest absolute Gasteiger partial charge is 0.397 e. The van der Waals surface area contributed by atoms with Crippen molar-refractivity contribution in [3.63, 3.8) is 0 Å². The fraction of sp³-hybridized carbons (Fsp3) is 0.448. The zero-order valence-electron chi connectivity index (χ0n) is 21.1. The van der Waals surface area contributed by atoms with Gasteiger partial charge < -0.3 is 11.5 Å². The monoisotopic (exact) mass is 502 g/mol. The van der Waals surface area contributed by atoms with Gasteiger partial charge in [0.15, 0.2) is 0 Å². The second-order valence-corrected chi connectivity index (χ2v) is 13.2. The lowest BCUT2D eigenvalue weighted by Gasteiger charge is -2.34. The zero-order valence-corrected chi connectivity index (χ0v) is 22.8. The molecule has 0 amide bonds. The number of pyridine rings is 2. The number of rotatable bonds is 0. The van der Waals surface area contributed by atoms with E-state index in [1.807, 2.05) is 0 Å². The Kier molecular flexibility index (Phi) is 6.27. The summed E-state index contributed by atoms with van der Waals surface area (Å²) in [5.41, 5.74) is 19.5. The van der Waals surface area contributed by atoms with E-state index in [2.05, 4.69) is 45.7 Å². The Balaban J connectivity index is 0.000000151. The molecule has 0 radical (unpaired) electrons. The minimum Gasteiger partial charge on any atom is -0.397 e. The number of hydrogen-bond donors (Lipinski definition) is 2. The highest BCUT2D eigenvalue weighted by molar-refractivity contribution is 7.20. The van der Waals surface area contributed by atoms with E-state index in [0.29, 0.717) is 11.3 Å². The van der Waals surface area contributed by atoms with Crippen molar-refractivity contribution in [3.8, 4) is 12.3 Å². The van der Waals surface area contributed by atoms with Crippen LogP contribution in [0.15, 0.2) is 12.1 Å². The van der Waals surface area contributed by atoms with Crippen molar-refractivity contribution in [2.24, 2.45) is 11.3 Å². The van der Waals surface area contributed by atoms with E-state index in [4.69, 9.17) is 27.9 Å². The molecule has 2 aliphatic rings. The Morgan fingerprint density at radius 1 is 0.914 bits per heavy atom. The first-order chi connectivity index (χ1) is 16.7. The molecule has 6 heteroatoms. The van der Waals surface area contributed by atoms with Gasteiger partial charge in [-0.25, -0.2) is 9.97 Å². The van der Waals surface area contributed by atoms with Crippen LogP contribution in [0.1, 0.15) is 72.3 Å². The molecule has 4 nitrogen and oxygen atoms in total. The van der Waals surface area contributed by atoms with E-state index in [1.165, 1.54) is 64.4 Å². The van der Waals surface area contributed by atoms with Crippen molar-refractivity contribution in [2.75, 3.05) is 11.5 Å². The van der Waals surface area contributed by atoms with Crippen LogP contribution in [0, 0.1) is 30.6 Å². The van der Waals surface area contributed by atoms with E-state index in [-0.39, 0.29) is 0 Å². The van der Waals surface area contributed by atoms with Crippen molar-refractivity contribution < 1.29 is 0 Å². The molecule has 2 aliphatic carbocycles. The van der Waals surface area contributed by atoms with Gasteiger partial charge in [-0.05, 0) is 86.5 Å². The number of aromatic nitrogens is 2. The molecular formula is C29H34N4S2. The number of anilines is 2. The smallest absolute Gasteiger partial charge is 0.126 e. The summed E-state index contributed by atoms with van der Waals surface area (Å²) in [5, 5.41) is 2.20. The third-order valence-electron chi connectivity index (χ3n) is 7.63. The van der Waals surface area contributed by atoms with Crippen LogP contribution in [0.25, 0.3) is 20.4 Å². The average Bonchev–Trinajstić information content (AvgIpc) is 3.30. The molecule has 0 fully saturated rings. The van der Waals surface area contributed by atoms with Gasteiger partial charge >= 0.3 is 0 Å². The topological polar surface area (TPSA) is 77.8 Å². The molecule has 0 bridgehead atoms. The molecule has 35 heavy (non-hydrogen) atoms. The van der Waals surface area contributed by atoms with Gasteiger partial charge in [0.1, 0.15) is 14.5 Å². The van der Waals surface area contributed by atoms with Gasteiger partial charge in [0.05, 0.1) is 11.4 Å². The molecular weight excluding hydrogens is 468 g/mol. The molecule has 0 aliphatic heterocycles. The lowest BCUT2D eigenvalue weighted by Crippen LogP contribution is -2.27. The van der Waals surface area contributed by atoms with Crippen molar-refractivity contribution in [1.82, 2.24) is 9.97 Å². The molecule has 1 unspecified atom stereocenters. The third-order valence-corrected chi connectivity index (χ3v) is 9.70. The van der Waals surface area contributed by atoms with E-state index < -0.39 is 0 Å². The van der Waals surface area contributed by atoms with Crippen LogP contribution < -0.4 is 11.5 Å². The molecule has 0 saturated heterocycles. The van der Waals surface area contributed by atoms with Gasteiger partial charge in [-0.1, -0.05) is 26.7 Å². The lowest BCUT2D eigenvalue weighted by molar-refractivity contribution is 0.215. The normalized spacial score (nSPS) is 17.4. The Bertz CT molecular complexity index is 1460. The molecule has 4 aromatic rings. The quantitative estimate of drug-likeness (QED) is 0.252. The van der Waals surface area contributed by atoms with Gasteiger partial charge in [-0.3, -0.25) is 0 Å². The molecule has 182 valence electrons. The predicted molar refractivity (Wildman–Crippen MR) is 152 cm³/mol. The lowest BCUT2D eigenvalue weighted by atomic mass is 9.71. The summed E-state index contributed by atoms with van der Waals surface area (Å²) in [7, 11) is 0. The summed E-state index contributed by atoms with van der Waals surface area (Å²) in [6, 6.07) is 4.48. The molecule has 4 aromatic heterocycles. The van der Waals surface area contributed by atoms with Gasteiger partial charge in [-0.15, -0.1) is 29.1 Å². The SMILES string of the molecule is C#Cc1sc2nc3c(cc2c1N)CC(C(C)(C)C)CC3.Cc1sc2nc3c(cc2c1N)CCCC3. The first-order valence-corrected chi connectivity index (χ1v) is 14.1. The predicted octanol–water partition coefficient (Wildman–Crippen LogP) is 7.08. The average molecular weight is 503 g/mol. The number of nitrogens with two attached hydrogens (primary N) is 2. The first-order valence-electron chi connectivity index (χ1n) is 12.5. The number of fused-ring (bicyclic) bond motifs is 4. The number of hydrogen-bond acceptors (Lipinski definition) is 6. The molecule has 6 rings (SSSR count). The van der Waals surface area contributed by atoms with Crippen LogP contribution in [0.4, 0.5) is 11.4 Å². The maximum Gasteiger partial charge on any atom is 0.126 e. The Morgan fingerprint density at radius 3 is 2.26 bits per heavy atom. The Hall–Kier alpha value is -2.62. The van der Waals surface area contributed by atoms with Gasteiger partial charge in [-0.2, -0.15) is 0 Å². The van der Waals surface area contributed by atoms with Crippen molar-refractivity contribution >= 4 is 54.5 Å². The minimum atomic E-state index is 0.344. The van der Waals surface area contributed by atoms with E-state index in [9.17, 15) is 0 Å². The number of nitrogens with zero attached hydrogens (tertiary/aromatic N) is 2. The number of terminal acetylenes is 1. The Morgan fingerprint density at radius 2 is 1.54 bits per heavy atom. The fourth-order valence-corrected chi connectivity index (χ4v) is 7.16. The van der Waals surface area contributed by atoms with Crippen LogP contribution in [0.2, 0.25) is 0 Å². The summed E-state index contributed by atoms with van der Waals surface area (Å²) in [4.78, 5) is 13.6. The summed E-state index contributed by atoms with van der Waals surface area (Å²) in [6.45, 7) is 9.04. The molecule has 0 saturated carbocycles. The number of nitrogen functional groups attached to an aromatic ring is 2. The van der Waals surface area contributed by atoms with E-state index in [1.54, 1.807) is 11.3 Å². The van der Waals surface area contributed by atoms with Crippen LogP contribution in [0.5, 0.6) is 0 Å². The van der Waals surface area contributed by atoms with Crippen molar-refractivity contribution in [1.29, 1.82) is 0 Å². The van der Waals surface area contributed by atoms with E-state index in [0.717, 1.165) is 55.9 Å². The molecule has 1 atom stereocenters. The summed E-state index contributed by atoms with van der Waals surface area (Å²) in [6.07, 6.45) is 13.8. The molecule has 4 heterocycles. The van der Waals surface area contributed by atoms with Gasteiger partial charge in [0, 0.05) is 27.0 Å². The Labute approximate surface area is 216 Å². The first kappa shape index (κ1) is 24.1. The minimum absolute atomic E-state index is 0.344. The highest BCUT2D eigenvalue weighted by atomic mass is 32.1. The highest BCUT2D eigenvalue weighted by Gasteiger charge is 2.30.